The SMILES string of the molecule is CNc1cc2c(cn1)cc(-c1cc(NC(=O)Nc3onc(C(C)(C)C)c3Cl)c(F)cc1C)c(=O)n2C. The van der Waals surface area contributed by atoms with Crippen molar-refractivity contribution in [2.24, 2.45) is 7.05 Å². The Morgan fingerprint density at radius 2 is 1.86 bits per heavy atom. The van der Waals surface area contributed by atoms with Crippen LogP contribution < -0.4 is 21.5 Å². The molecular formula is C25H26ClFN6O3. The van der Waals surface area contributed by atoms with Crippen LogP contribution in [-0.2, 0) is 12.5 Å². The van der Waals surface area contributed by atoms with Crippen molar-refractivity contribution in [1.29, 1.82) is 0 Å². The number of urea groups is 1. The number of carbonyl (C=O) groups excluding carboxylic acids is 1. The molecule has 0 saturated carbocycles. The van der Waals surface area contributed by atoms with Gasteiger partial charge in [0.05, 0.1) is 11.2 Å². The number of aromatic nitrogens is 3. The molecule has 9 nitrogen and oxygen atoms in total. The van der Waals surface area contributed by atoms with Crippen LogP contribution in [0.4, 0.5) is 26.6 Å². The standard InChI is InChI=1S/C25H26ClFN6O3/c1-12-7-16(27)17(30-24(35)31-22-20(26)21(32-36-22)25(2,3)4)9-14(12)15-8-13-11-29-19(28-5)10-18(13)33(6)23(15)34/h7-11H,1-6H3,(H,28,29)(H2,30,31,35). The predicted molar refractivity (Wildman–Crippen MR) is 140 cm³/mol. The van der Waals surface area contributed by atoms with Crippen molar-refractivity contribution in [3.8, 4) is 11.1 Å². The molecule has 36 heavy (non-hydrogen) atoms. The van der Waals surface area contributed by atoms with Crippen LogP contribution in [0.25, 0.3) is 22.0 Å². The molecule has 0 radical (unpaired) electrons. The molecule has 1 aromatic carbocycles. The molecule has 4 aromatic rings. The van der Waals surface area contributed by atoms with Crippen LogP contribution in [0.1, 0.15) is 32.0 Å². The maximum atomic E-state index is 14.8. The van der Waals surface area contributed by atoms with E-state index >= 15 is 0 Å². The molecule has 3 N–H and O–H groups in total. The Hall–Kier alpha value is -3.92. The number of pyridine rings is 2. The highest BCUT2D eigenvalue weighted by Crippen LogP contribution is 2.34. The molecule has 0 aliphatic rings. The van der Waals surface area contributed by atoms with Gasteiger partial charge >= 0.3 is 6.03 Å². The van der Waals surface area contributed by atoms with Crippen molar-refractivity contribution >= 4 is 45.9 Å². The predicted octanol–water partition coefficient (Wildman–Crippen LogP) is 5.67. The van der Waals surface area contributed by atoms with Gasteiger partial charge in [-0.15, -0.1) is 0 Å². The summed E-state index contributed by atoms with van der Waals surface area (Å²) in [7, 11) is 3.40. The number of nitrogens with one attached hydrogen (secondary N) is 3. The van der Waals surface area contributed by atoms with Gasteiger partial charge in [-0.1, -0.05) is 37.5 Å². The number of hydrogen-bond acceptors (Lipinski definition) is 6. The Morgan fingerprint density at radius 3 is 2.50 bits per heavy atom. The lowest BCUT2D eigenvalue weighted by atomic mass is 9.92. The summed E-state index contributed by atoms with van der Waals surface area (Å²) in [5.74, 6) is -0.0887. The zero-order valence-corrected chi connectivity index (χ0v) is 21.5. The third kappa shape index (κ3) is 4.64. The van der Waals surface area contributed by atoms with Crippen LogP contribution in [0.3, 0.4) is 0 Å². The minimum Gasteiger partial charge on any atom is -0.373 e. The van der Waals surface area contributed by atoms with Gasteiger partial charge in [-0.25, -0.2) is 14.2 Å². The lowest BCUT2D eigenvalue weighted by Crippen LogP contribution is -2.21. The van der Waals surface area contributed by atoms with E-state index in [-0.39, 0.29) is 22.2 Å². The van der Waals surface area contributed by atoms with Gasteiger partial charge < -0.3 is 19.7 Å². The lowest BCUT2D eigenvalue weighted by molar-refractivity contribution is 0.261. The van der Waals surface area contributed by atoms with E-state index in [9.17, 15) is 14.0 Å². The first-order valence-electron chi connectivity index (χ1n) is 11.1. The highest BCUT2D eigenvalue weighted by Gasteiger charge is 2.26. The monoisotopic (exact) mass is 512 g/mol. The first-order valence-corrected chi connectivity index (χ1v) is 11.5. The normalized spacial score (nSPS) is 11.6. The maximum Gasteiger partial charge on any atom is 0.326 e. The number of benzene rings is 1. The fraction of sp³-hybridized carbons (Fsp3) is 0.280. The van der Waals surface area contributed by atoms with Crippen molar-refractivity contribution in [2.45, 2.75) is 33.1 Å². The molecule has 11 heteroatoms. The lowest BCUT2D eigenvalue weighted by Gasteiger charge is -2.15. The number of hydrogen-bond donors (Lipinski definition) is 3. The molecule has 0 bridgehead atoms. The summed E-state index contributed by atoms with van der Waals surface area (Å²) in [4.78, 5) is 30.1. The van der Waals surface area contributed by atoms with Crippen LogP contribution in [0.5, 0.6) is 0 Å². The second kappa shape index (κ2) is 9.27. The summed E-state index contributed by atoms with van der Waals surface area (Å²) in [5, 5.41) is 12.7. The Labute approximate surface area is 211 Å². The minimum atomic E-state index is -0.780. The largest absolute Gasteiger partial charge is 0.373 e. The van der Waals surface area contributed by atoms with E-state index in [2.05, 4.69) is 26.1 Å². The van der Waals surface area contributed by atoms with Crippen LogP contribution in [-0.4, -0.2) is 27.8 Å². The Bertz CT molecular complexity index is 1550. The van der Waals surface area contributed by atoms with Crippen LogP contribution in [0, 0.1) is 12.7 Å². The van der Waals surface area contributed by atoms with Crippen LogP contribution >= 0.6 is 11.6 Å². The molecule has 4 rings (SSSR count). The van der Waals surface area contributed by atoms with Gasteiger partial charge in [-0.2, -0.15) is 0 Å². The molecule has 0 aliphatic carbocycles. The molecule has 0 spiro atoms. The number of rotatable bonds is 4. The fourth-order valence-electron chi connectivity index (χ4n) is 3.83. The third-order valence-electron chi connectivity index (χ3n) is 5.79. The van der Waals surface area contributed by atoms with Crippen molar-refractivity contribution in [1.82, 2.24) is 14.7 Å². The number of anilines is 3. The maximum absolute atomic E-state index is 14.8. The third-order valence-corrected chi connectivity index (χ3v) is 6.14. The summed E-state index contributed by atoms with van der Waals surface area (Å²) in [6.07, 6.45) is 1.66. The smallest absolute Gasteiger partial charge is 0.326 e. The molecule has 0 atom stereocenters. The number of amides is 2. The van der Waals surface area contributed by atoms with E-state index in [1.807, 2.05) is 20.8 Å². The van der Waals surface area contributed by atoms with Gasteiger partial charge in [-0.05, 0) is 36.2 Å². The van der Waals surface area contributed by atoms with E-state index < -0.39 is 17.3 Å². The van der Waals surface area contributed by atoms with Crippen molar-refractivity contribution in [2.75, 3.05) is 23.0 Å². The first-order chi connectivity index (χ1) is 16.9. The van der Waals surface area contributed by atoms with Gasteiger partial charge in [0.2, 0.25) is 0 Å². The van der Waals surface area contributed by atoms with Crippen LogP contribution in [0.15, 0.2) is 39.8 Å². The quantitative estimate of drug-likeness (QED) is 0.324. The fourth-order valence-corrected chi connectivity index (χ4v) is 4.23. The molecule has 3 aromatic heterocycles. The summed E-state index contributed by atoms with van der Waals surface area (Å²) in [5.41, 5.74) is 1.73. The molecule has 0 aliphatic heterocycles. The summed E-state index contributed by atoms with van der Waals surface area (Å²) in [6.45, 7) is 7.39. The second-order valence-corrected chi connectivity index (χ2v) is 9.83. The zero-order valence-electron chi connectivity index (χ0n) is 20.7. The Kier molecular flexibility index (Phi) is 6.48. The molecule has 0 fully saturated rings. The van der Waals surface area contributed by atoms with Gasteiger partial charge in [0.25, 0.3) is 11.4 Å². The number of halogens is 2. The number of fused-ring (bicyclic) bond motifs is 1. The van der Waals surface area contributed by atoms with Gasteiger partial charge in [0.1, 0.15) is 22.4 Å². The molecule has 188 valence electrons. The van der Waals surface area contributed by atoms with Gasteiger partial charge in [-0.3, -0.25) is 10.1 Å². The molecule has 3 heterocycles. The summed E-state index contributed by atoms with van der Waals surface area (Å²) >= 11 is 6.29. The summed E-state index contributed by atoms with van der Waals surface area (Å²) < 4.78 is 21.5. The van der Waals surface area contributed by atoms with E-state index in [1.54, 1.807) is 39.3 Å². The number of carbonyl (C=O) groups is 1. The van der Waals surface area contributed by atoms with Crippen molar-refractivity contribution in [3.63, 3.8) is 0 Å². The van der Waals surface area contributed by atoms with Gasteiger partial charge in [0.15, 0.2) is 0 Å². The van der Waals surface area contributed by atoms with E-state index in [0.717, 1.165) is 5.39 Å². The van der Waals surface area contributed by atoms with E-state index in [0.29, 0.717) is 33.7 Å². The molecule has 2 amide bonds. The summed E-state index contributed by atoms with van der Waals surface area (Å²) in [6, 6.07) is 5.38. The zero-order chi connectivity index (χ0) is 26.4. The average molecular weight is 513 g/mol. The van der Waals surface area contributed by atoms with E-state index in [4.69, 9.17) is 16.1 Å². The highest BCUT2D eigenvalue weighted by molar-refractivity contribution is 6.34. The Balaban J connectivity index is 1.69. The first kappa shape index (κ1) is 25.2. The Morgan fingerprint density at radius 1 is 1.14 bits per heavy atom. The van der Waals surface area contributed by atoms with Crippen LogP contribution in [0.2, 0.25) is 5.02 Å². The van der Waals surface area contributed by atoms with E-state index in [1.165, 1.54) is 16.7 Å². The minimum absolute atomic E-state index is 0.0522. The highest BCUT2D eigenvalue weighted by atomic mass is 35.5. The van der Waals surface area contributed by atoms with Crippen molar-refractivity contribution < 1.29 is 13.7 Å². The number of aryl methyl sites for hydroxylation is 2. The molecule has 0 saturated heterocycles. The number of nitrogens with zero attached hydrogens (tertiary/aromatic N) is 3. The van der Waals surface area contributed by atoms with Gasteiger partial charge in [0, 0.05) is 42.7 Å². The second-order valence-electron chi connectivity index (χ2n) is 9.45. The topological polar surface area (TPSA) is 114 Å². The van der Waals surface area contributed by atoms with Crippen molar-refractivity contribution in [3.05, 3.63) is 62.9 Å². The average Bonchev–Trinajstić information content (AvgIpc) is 3.18. The molecular weight excluding hydrogens is 487 g/mol. The molecule has 0 unspecified atom stereocenters.